The van der Waals surface area contributed by atoms with E-state index in [-0.39, 0.29) is 23.7 Å². The van der Waals surface area contributed by atoms with Crippen molar-refractivity contribution in [2.24, 2.45) is 0 Å². The number of piperazine rings is 1. The molecule has 7 heteroatoms. The van der Waals surface area contributed by atoms with E-state index in [0.29, 0.717) is 18.3 Å². The molecule has 0 bridgehead atoms. The maximum Gasteiger partial charge on any atom is 0.283 e. The van der Waals surface area contributed by atoms with E-state index >= 15 is 0 Å². The molecule has 1 saturated carbocycles. The summed E-state index contributed by atoms with van der Waals surface area (Å²) >= 11 is 0. The number of nitrogens with one attached hydrogen (secondary N) is 4. The molecule has 2 amide bonds. The van der Waals surface area contributed by atoms with Crippen molar-refractivity contribution in [2.45, 2.75) is 24.9 Å². The van der Waals surface area contributed by atoms with E-state index in [2.05, 4.69) is 10.6 Å². The fourth-order valence-electron chi connectivity index (χ4n) is 4.09. The Morgan fingerprint density at radius 3 is 2.27 bits per heavy atom. The Kier molecular flexibility index (Phi) is 6.40. The monoisotopic (exact) mass is 412 g/mol. The van der Waals surface area contributed by atoms with Crippen molar-refractivity contribution in [3.63, 3.8) is 0 Å². The molecular weight excluding hydrogens is 383 g/mol. The molecule has 1 aliphatic heterocycles. The fraction of sp³-hybridized carbons (Fsp3) is 0.391. The molecule has 4 rings (SSSR count). The number of benzene rings is 2. The predicted molar refractivity (Wildman–Crippen MR) is 112 cm³/mol. The summed E-state index contributed by atoms with van der Waals surface area (Å²) in [6.07, 6.45) is 2.15. The smallest absolute Gasteiger partial charge is 0.283 e. The van der Waals surface area contributed by atoms with E-state index < -0.39 is 0 Å². The number of hydrogen-bond donors (Lipinski definition) is 4. The lowest BCUT2D eigenvalue weighted by Crippen LogP contribution is -3.28. The minimum Gasteiger partial charge on any atom is -0.348 e. The van der Waals surface area contributed by atoms with Crippen LogP contribution in [0.4, 0.5) is 10.1 Å². The molecule has 1 atom stereocenters. The molecule has 4 N–H and O–H groups in total. The van der Waals surface area contributed by atoms with Crippen LogP contribution in [0.3, 0.4) is 0 Å². The highest BCUT2D eigenvalue weighted by molar-refractivity contribution is 5.91. The number of halogens is 1. The number of carbonyl (C=O) groups is 2. The molecule has 0 unspecified atom stereocenters. The van der Waals surface area contributed by atoms with Crippen LogP contribution in [0.1, 0.15) is 24.4 Å². The van der Waals surface area contributed by atoms with Crippen LogP contribution in [0.25, 0.3) is 0 Å². The van der Waals surface area contributed by atoms with Gasteiger partial charge >= 0.3 is 0 Å². The van der Waals surface area contributed by atoms with Gasteiger partial charge in [-0.3, -0.25) is 9.59 Å². The van der Waals surface area contributed by atoms with Gasteiger partial charge in [0.05, 0.1) is 0 Å². The first-order valence-electron chi connectivity index (χ1n) is 10.7. The van der Waals surface area contributed by atoms with E-state index in [4.69, 9.17) is 0 Å². The lowest BCUT2D eigenvalue weighted by atomic mass is 10.0. The molecule has 0 aromatic heterocycles. The Hall–Kier alpha value is -2.77. The van der Waals surface area contributed by atoms with Gasteiger partial charge in [0.1, 0.15) is 32.0 Å². The van der Waals surface area contributed by atoms with Crippen molar-refractivity contribution >= 4 is 17.5 Å². The third-order valence-electron chi connectivity index (χ3n) is 5.86. The van der Waals surface area contributed by atoms with Crippen molar-refractivity contribution in [1.29, 1.82) is 0 Å². The van der Waals surface area contributed by atoms with Crippen molar-refractivity contribution < 1.29 is 23.8 Å². The van der Waals surface area contributed by atoms with Crippen LogP contribution in [-0.2, 0) is 9.59 Å². The number of hydrogen-bond acceptors (Lipinski definition) is 2. The molecule has 1 aliphatic carbocycles. The van der Waals surface area contributed by atoms with E-state index in [1.807, 2.05) is 30.3 Å². The molecule has 2 aromatic rings. The topological polar surface area (TPSA) is 67.1 Å². The molecule has 6 nitrogen and oxygen atoms in total. The molecule has 2 fully saturated rings. The molecular formula is C23H29FN4O2+2. The summed E-state index contributed by atoms with van der Waals surface area (Å²) in [5.74, 6) is -0.293. The third-order valence-corrected chi connectivity index (χ3v) is 5.86. The van der Waals surface area contributed by atoms with Crippen molar-refractivity contribution in [1.82, 2.24) is 5.32 Å². The maximum atomic E-state index is 13.0. The second kappa shape index (κ2) is 9.36. The minimum absolute atomic E-state index is 0.0776. The van der Waals surface area contributed by atoms with Gasteiger partial charge in [-0.15, -0.1) is 0 Å². The normalized spacial score (nSPS) is 22.2. The number of anilines is 1. The quantitative estimate of drug-likeness (QED) is 0.499. The van der Waals surface area contributed by atoms with E-state index in [9.17, 15) is 14.0 Å². The molecule has 0 radical (unpaired) electrons. The third kappa shape index (κ3) is 5.43. The van der Waals surface area contributed by atoms with Gasteiger partial charge in [0.2, 0.25) is 0 Å². The Morgan fingerprint density at radius 1 is 0.967 bits per heavy atom. The molecule has 2 aromatic carbocycles. The highest BCUT2D eigenvalue weighted by atomic mass is 19.1. The summed E-state index contributed by atoms with van der Waals surface area (Å²) in [5.41, 5.74) is 1.65. The average molecular weight is 413 g/mol. The Labute approximate surface area is 176 Å². The lowest BCUT2D eigenvalue weighted by molar-refractivity contribution is -1.02. The zero-order valence-electron chi connectivity index (χ0n) is 17.0. The van der Waals surface area contributed by atoms with Gasteiger partial charge in [-0.25, -0.2) is 4.39 Å². The maximum absolute atomic E-state index is 13.0. The van der Waals surface area contributed by atoms with E-state index in [0.717, 1.165) is 44.6 Å². The number of amides is 2. The largest absolute Gasteiger partial charge is 0.348 e. The minimum atomic E-state index is -0.323. The van der Waals surface area contributed by atoms with Crippen LogP contribution in [-0.4, -0.2) is 50.6 Å². The Bertz CT molecular complexity index is 863. The summed E-state index contributed by atoms with van der Waals surface area (Å²) in [6.45, 7) is 3.68. The first kappa shape index (κ1) is 20.5. The van der Waals surface area contributed by atoms with E-state index in [1.54, 1.807) is 12.1 Å². The number of quaternary nitrogens is 2. The molecule has 0 spiro atoms. The highest BCUT2D eigenvalue weighted by Crippen LogP contribution is 2.20. The zero-order chi connectivity index (χ0) is 20.9. The predicted octanol–water partition coefficient (Wildman–Crippen LogP) is -0.432. The van der Waals surface area contributed by atoms with Crippen molar-refractivity contribution in [2.75, 3.05) is 38.0 Å². The zero-order valence-corrected chi connectivity index (χ0v) is 17.0. The van der Waals surface area contributed by atoms with Gasteiger partial charge in [0.15, 0.2) is 12.6 Å². The average Bonchev–Trinajstić information content (AvgIpc) is 3.56. The fourth-order valence-corrected chi connectivity index (χ4v) is 4.09. The van der Waals surface area contributed by atoms with Crippen LogP contribution in [0.2, 0.25) is 0 Å². The summed E-state index contributed by atoms with van der Waals surface area (Å²) in [6, 6.07) is 15.9. The van der Waals surface area contributed by atoms with Gasteiger partial charge < -0.3 is 20.4 Å². The van der Waals surface area contributed by atoms with Gasteiger partial charge in [0, 0.05) is 17.3 Å². The standard InChI is InChI=1S/C23H27FN4O2/c24-18-6-8-19(9-7-18)25-21(29)16-27-12-14-28(15-13-27)22(17-4-2-1-3-5-17)23(30)26-20-10-11-20/h1-9,20,22H,10-16H2,(H,25,29)(H,26,30)/p+2/t22-/m1/s1. The van der Waals surface area contributed by atoms with Crippen LogP contribution in [0, 0.1) is 5.82 Å². The number of carbonyl (C=O) groups excluding carboxylic acids is 2. The first-order chi connectivity index (χ1) is 14.6. The van der Waals surface area contributed by atoms with Crippen molar-refractivity contribution in [3.05, 3.63) is 66.0 Å². The van der Waals surface area contributed by atoms with Gasteiger partial charge in [-0.05, 0) is 37.1 Å². The summed E-state index contributed by atoms with van der Waals surface area (Å²) in [4.78, 5) is 27.7. The van der Waals surface area contributed by atoms with Gasteiger partial charge in [-0.2, -0.15) is 0 Å². The van der Waals surface area contributed by atoms with Crippen LogP contribution < -0.4 is 20.4 Å². The van der Waals surface area contributed by atoms with Gasteiger partial charge in [-0.1, -0.05) is 30.3 Å². The highest BCUT2D eigenvalue weighted by Gasteiger charge is 2.38. The van der Waals surface area contributed by atoms with Crippen LogP contribution >= 0.6 is 0 Å². The molecule has 30 heavy (non-hydrogen) atoms. The second-order valence-electron chi connectivity index (χ2n) is 8.27. The molecule has 1 saturated heterocycles. The SMILES string of the molecule is O=C(C[NH+]1CC[NH+]([C@@H](C(=O)NC2CC2)c2ccccc2)CC1)Nc1ccc(F)cc1. The lowest BCUT2D eigenvalue weighted by Gasteiger charge is -2.34. The van der Waals surface area contributed by atoms with Crippen LogP contribution in [0.15, 0.2) is 54.6 Å². The molecule has 2 aliphatic rings. The van der Waals surface area contributed by atoms with Crippen LogP contribution in [0.5, 0.6) is 0 Å². The Morgan fingerprint density at radius 2 is 1.63 bits per heavy atom. The summed E-state index contributed by atoms with van der Waals surface area (Å²) in [7, 11) is 0. The molecule has 1 heterocycles. The second-order valence-corrected chi connectivity index (χ2v) is 8.27. The van der Waals surface area contributed by atoms with E-state index in [1.165, 1.54) is 21.9 Å². The summed E-state index contributed by atoms with van der Waals surface area (Å²) < 4.78 is 13.0. The van der Waals surface area contributed by atoms with Gasteiger partial charge in [0.25, 0.3) is 11.8 Å². The first-order valence-corrected chi connectivity index (χ1v) is 10.7. The van der Waals surface area contributed by atoms with Crippen molar-refractivity contribution in [3.8, 4) is 0 Å². The Balaban J connectivity index is 1.32. The molecule has 158 valence electrons. The number of rotatable bonds is 7. The summed E-state index contributed by atoms with van der Waals surface area (Å²) in [5, 5.41) is 5.99.